The Morgan fingerprint density at radius 3 is 2.53 bits per heavy atom. The van der Waals surface area contributed by atoms with E-state index in [1.165, 1.54) is 0 Å². The van der Waals surface area contributed by atoms with E-state index in [0.29, 0.717) is 6.54 Å². The first kappa shape index (κ1) is 15.5. The highest BCUT2D eigenvalue weighted by atomic mass is 16.5. The largest absolute Gasteiger partial charge is 0.496 e. The molecule has 106 valence electrons. The zero-order valence-electron chi connectivity index (χ0n) is 12.4. The maximum Gasteiger partial charge on any atom is 0.237 e. The number of rotatable bonds is 6. The Labute approximate surface area is 115 Å². The summed E-state index contributed by atoms with van der Waals surface area (Å²) in [7, 11) is 1.67. The van der Waals surface area contributed by atoms with Crippen molar-refractivity contribution in [1.82, 2.24) is 10.6 Å². The third-order valence-corrected chi connectivity index (χ3v) is 2.90. The van der Waals surface area contributed by atoms with Crippen LogP contribution in [0.4, 0.5) is 0 Å². The minimum atomic E-state index is -0.204. The van der Waals surface area contributed by atoms with Crippen molar-refractivity contribution in [2.45, 2.75) is 46.3 Å². The molecule has 1 aromatic rings. The molecule has 1 aromatic carbocycles. The van der Waals surface area contributed by atoms with E-state index in [2.05, 4.69) is 16.7 Å². The molecule has 0 aromatic heterocycles. The number of carbonyl (C=O) groups is 1. The van der Waals surface area contributed by atoms with Gasteiger partial charge in [-0.2, -0.15) is 0 Å². The topological polar surface area (TPSA) is 50.4 Å². The molecule has 0 aliphatic carbocycles. The van der Waals surface area contributed by atoms with Crippen LogP contribution in [0, 0.1) is 6.92 Å². The van der Waals surface area contributed by atoms with Crippen molar-refractivity contribution >= 4 is 5.91 Å². The summed E-state index contributed by atoms with van der Waals surface area (Å²) in [5.74, 6) is 0.912. The number of hydrogen-bond acceptors (Lipinski definition) is 3. The smallest absolute Gasteiger partial charge is 0.237 e. The molecule has 0 bridgehead atoms. The molecule has 0 saturated heterocycles. The highest BCUT2D eigenvalue weighted by Crippen LogP contribution is 2.18. The molecule has 0 heterocycles. The fraction of sp³-hybridized carbons (Fsp3) is 0.533. The van der Waals surface area contributed by atoms with Crippen molar-refractivity contribution in [3.05, 3.63) is 29.3 Å². The van der Waals surface area contributed by atoms with Crippen LogP contribution in [0.5, 0.6) is 5.75 Å². The molecule has 0 spiro atoms. The normalized spacial score (nSPS) is 12.3. The molecule has 2 N–H and O–H groups in total. The van der Waals surface area contributed by atoms with E-state index >= 15 is 0 Å². The maximum absolute atomic E-state index is 11.7. The van der Waals surface area contributed by atoms with E-state index in [1.54, 1.807) is 7.11 Å². The monoisotopic (exact) mass is 264 g/mol. The minimum absolute atomic E-state index is 0.0280. The third-order valence-electron chi connectivity index (χ3n) is 2.90. The van der Waals surface area contributed by atoms with Gasteiger partial charge in [0.05, 0.1) is 13.2 Å². The van der Waals surface area contributed by atoms with Crippen LogP contribution in [-0.4, -0.2) is 25.1 Å². The average molecular weight is 264 g/mol. The van der Waals surface area contributed by atoms with Gasteiger partial charge in [0, 0.05) is 12.6 Å². The molecule has 1 atom stereocenters. The van der Waals surface area contributed by atoms with Crippen molar-refractivity contribution in [3.63, 3.8) is 0 Å². The minimum Gasteiger partial charge on any atom is -0.496 e. The predicted molar refractivity (Wildman–Crippen MR) is 77.3 cm³/mol. The summed E-state index contributed by atoms with van der Waals surface area (Å²) in [6.45, 7) is 8.46. The van der Waals surface area contributed by atoms with E-state index in [9.17, 15) is 4.79 Å². The molecule has 1 amide bonds. The molecular weight excluding hydrogens is 240 g/mol. The first-order chi connectivity index (χ1) is 8.93. The predicted octanol–water partition coefficient (Wildman–Crippen LogP) is 2.01. The lowest BCUT2D eigenvalue weighted by Gasteiger charge is -2.16. The van der Waals surface area contributed by atoms with Crippen LogP contribution >= 0.6 is 0 Å². The van der Waals surface area contributed by atoms with E-state index in [4.69, 9.17) is 4.74 Å². The van der Waals surface area contributed by atoms with E-state index in [0.717, 1.165) is 16.9 Å². The van der Waals surface area contributed by atoms with Gasteiger partial charge in [0.25, 0.3) is 0 Å². The number of hydrogen-bond donors (Lipinski definition) is 2. The fourth-order valence-corrected chi connectivity index (χ4v) is 1.82. The van der Waals surface area contributed by atoms with E-state index in [-0.39, 0.29) is 18.0 Å². The number of nitrogens with one attached hydrogen (secondary N) is 2. The molecule has 4 heteroatoms. The molecule has 0 fully saturated rings. The van der Waals surface area contributed by atoms with Crippen LogP contribution in [-0.2, 0) is 11.3 Å². The number of aryl methyl sites for hydroxylation is 1. The van der Waals surface area contributed by atoms with Crippen LogP contribution in [0.3, 0.4) is 0 Å². The summed E-state index contributed by atoms with van der Waals surface area (Å²) in [4.78, 5) is 11.7. The van der Waals surface area contributed by atoms with Gasteiger partial charge in [0.15, 0.2) is 0 Å². The SMILES string of the molecule is COc1ccc(CNC(C)C(=O)NC(C)C)cc1C. The number of carbonyl (C=O) groups excluding carboxylic acids is 1. The number of benzene rings is 1. The summed E-state index contributed by atoms with van der Waals surface area (Å²) in [5.41, 5.74) is 2.24. The van der Waals surface area contributed by atoms with Crippen LogP contribution in [0.25, 0.3) is 0 Å². The Hall–Kier alpha value is -1.55. The fourth-order valence-electron chi connectivity index (χ4n) is 1.82. The van der Waals surface area contributed by atoms with E-state index in [1.807, 2.05) is 39.8 Å². The zero-order valence-corrected chi connectivity index (χ0v) is 12.4. The quantitative estimate of drug-likeness (QED) is 0.826. The molecule has 19 heavy (non-hydrogen) atoms. The van der Waals surface area contributed by atoms with Gasteiger partial charge in [0.1, 0.15) is 5.75 Å². The molecule has 4 nitrogen and oxygen atoms in total. The summed E-state index contributed by atoms with van der Waals surface area (Å²) in [6.07, 6.45) is 0. The lowest BCUT2D eigenvalue weighted by Crippen LogP contribution is -2.44. The van der Waals surface area contributed by atoms with Crippen LogP contribution in [0.1, 0.15) is 31.9 Å². The summed E-state index contributed by atoms with van der Waals surface area (Å²) < 4.78 is 5.22. The Kier molecular flexibility index (Phi) is 5.83. The second-order valence-corrected chi connectivity index (χ2v) is 5.07. The van der Waals surface area contributed by atoms with Crippen molar-refractivity contribution in [2.75, 3.05) is 7.11 Å². The third kappa shape index (κ3) is 4.91. The lowest BCUT2D eigenvalue weighted by atomic mass is 10.1. The summed E-state index contributed by atoms with van der Waals surface area (Å²) in [5, 5.41) is 6.10. The molecule has 0 aliphatic heterocycles. The lowest BCUT2D eigenvalue weighted by molar-refractivity contribution is -0.123. The number of ether oxygens (including phenoxy) is 1. The number of methoxy groups -OCH3 is 1. The van der Waals surface area contributed by atoms with Crippen LogP contribution in [0.2, 0.25) is 0 Å². The standard InChI is InChI=1S/C15H24N2O2/c1-10(2)17-15(18)12(4)16-9-13-6-7-14(19-5)11(3)8-13/h6-8,10,12,16H,9H2,1-5H3,(H,17,18). The molecule has 0 saturated carbocycles. The van der Waals surface area contributed by atoms with Gasteiger partial charge in [-0.05, 0) is 44.9 Å². The van der Waals surface area contributed by atoms with Gasteiger partial charge in [-0.1, -0.05) is 12.1 Å². The molecular formula is C15H24N2O2. The van der Waals surface area contributed by atoms with Crippen molar-refractivity contribution in [2.24, 2.45) is 0 Å². The van der Waals surface area contributed by atoms with Crippen LogP contribution < -0.4 is 15.4 Å². The van der Waals surface area contributed by atoms with Gasteiger partial charge >= 0.3 is 0 Å². The number of amides is 1. The average Bonchev–Trinajstić information content (AvgIpc) is 2.35. The Bertz CT molecular complexity index is 430. The van der Waals surface area contributed by atoms with E-state index < -0.39 is 0 Å². The summed E-state index contributed by atoms with van der Waals surface area (Å²) in [6, 6.07) is 5.99. The second kappa shape index (κ2) is 7.14. The molecule has 1 unspecified atom stereocenters. The molecule has 1 rings (SSSR count). The molecule has 0 aliphatic rings. The van der Waals surface area contributed by atoms with Gasteiger partial charge in [-0.3, -0.25) is 4.79 Å². The second-order valence-electron chi connectivity index (χ2n) is 5.07. The first-order valence-electron chi connectivity index (χ1n) is 6.61. The van der Waals surface area contributed by atoms with Crippen molar-refractivity contribution in [1.29, 1.82) is 0 Å². The Morgan fingerprint density at radius 1 is 1.32 bits per heavy atom. The van der Waals surface area contributed by atoms with Gasteiger partial charge in [0.2, 0.25) is 5.91 Å². The Balaban J connectivity index is 2.52. The summed E-state index contributed by atoms with van der Waals surface area (Å²) >= 11 is 0. The van der Waals surface area contributed by atoms with Gasteiger partial charge in [-0.15, -0.1) is 0 Å². The highest BCUT2D eigenvalue weighted by molar-refractivity contribution is 5.81. The zero-order chi connectivity index (χ0) is 14.4. The highest BCUT2D eigenvalue weighted by Gasteiger charge is 2.12. The first-order valence-corrected chi connectivity index (χ1v) is 6.61. The Morgan fingerprint density at radius 2 is 2.00 bits per heavy atom. The van der Waals surface area contributed by atoms with Crippen LogP contribution in [0.15, 0.2) is 18.2 Å². The maximum atomic E-state index is 11.7. The van der Waals surface area contributed by atoms with Crippen molar-refractivity contribution < 1.29 is 9.53 Å². The van der Waals surface area contributed by atoms with Gasteiger partial charge in [-0.25, -0.2) is 0 Å². The molecule has 0 radical (unpaired) electrons. The van der Waals surface area contributed by atoms with Gasteiger partial charge < -0.3 is 15.4 Å². The van der Waals surface area contributed by atoms with Crippen molar-refractivity contribution in [3.8, 4) is 5.75 Å².